The van der Waals surface area contributed by atoms with E-state index in [4.69, 9.17) is 10.5 Å². The molecule has 4 heteroatoms. The van der Waals surface area contributed by atoms with E-state index in [1.54, 1.807) is 0 Å². The highest BCUT2D eigenvalue weighted by atomic mass is 16.5. The summed E-state index contributed by atoms with van der Waals surface area (Å²) in [7, 11) is 0. The highest BCUT2D eigenvalue weighted by Crippen LogP contribution is 1.99. The monoisotopic (exact) mass is 188 g/mol. The molecule has 0 amide bonds. The minimum atomic E-state index is -0.153. The Kier molecular flexibility index (Phi) is 6.54. The predicted octanol–water partition coefficient (Wildman–Crippen LogP) is 0.122. The average Bonchev–Trinajstić information content (AvgIpc) is 2.03. The Bertz CT molecular complexity index is 149. The quantitative estimate of drug-likeness (QED) is 0.459. The van der Waals surface area contributed by atoms with Gasteiger partial charge in [-0.05, 0) is 13.8 Å². The van der Waals surface area contributed by atoms with Crippen molar-refractivity contribution in [2.75, 3.05) is 19.6 Å². The van der Waals surface area contributed by atoms with Crippen molar-refractivity contribution in [3.63, 3.8) is 0 Å². The van der Waals surface area contributed by atoms with Crippen LogP contribution in [-0.2, 0) is 9.53 Å². The van der Waals surface area contributed by atoms with Crippen molar-refractivity contribution < 1.29 is 9.53 Å². The molecule has 0 aromatic rings. The maximum absolute atomic E-state index is 11.3. The van der Waals surface area contributed by atoms with Crippen LogP contribution < -0.4 is 11.1 Å². The van der Waals surface area contributed by atoms with E-state index in [2.05, 4.69) is 5.32 Å². The third-order valence-electron chi connectivity index (χ3n) is 1.53. The van der Waals surface area contributed by atoms with Gasteiger partial charge in [-0.3, -0.25) is 4.79 Å². The Balaban J connectivity index is 3.57. The predicted molar refractivity (Wildman–Crippen MR) is 52.3 cm³/mol. The summed E-state index contributed by atoms with van der Waals surface area (Å²) in [5, 5.41) is 3.06. The van der Waals surface area contributed by atoms with Gasteiger partial charge in [0.25, 0.3) is 0 Å². The first-order valence-electron chi connectivity index (χ1n) is 4.69. The van der Waals surface area contributed by atoms with E-state index < -0.39 is 0 Å². The molecule has 78 valence electrons. The minimum absolute atomic E-state index is 0.0375. The summed E-state index contributed by atoms with van der Waals surface area (Å²) in [5.41, 5.74) is 5.29. The van der Waals surface area contributed by atoms with Crippen molar-refractivity contribution >= 4 is 5.97 Å². The molecule has 0 spiro atoms. The molecule has 0 aliphatic heterocycles. The number of hydrogen-bond donors (Lipinski definition) is 2. The molecular weight excluding hydrogens is 168 g/mol. The van der Waals surface area contributed by atoms with Crippen LogP contribution >= 0.6 is 0 Å². The zero-order valence-corrected chi connectivity index (χ0v) is 8.67. The molecule has 0 fully saturated rings. The standard InChI is InChI=1S/C9H20N2O2/c1-7(2)13-9(12)8(3)6-11-5-4-10/h7-8,11H,4-6,10H2,1-3H3. The molecule has 3 N–H and O–H groups in total. The Hall–Kier alpha value is -0.610. The SMILES string of the molecule is CC(C)OC(=O)C(C)CNCCN. The maximum atomic E-state index is 11.3. The minimum Gasteiger partial charge on any atom is -0.463 e. The molecule has 0 aliphatic carbocycles. The van der Waals surface area contributed by atoms with E-state index >= 15 is 0 Å². The molecule has 0 saturated carbocycles. The molecule has 0 rings (SSSR count). The van der Waals surface area contributed by atoms with Gasteiger partial charge >= 0.3 is 5.97 Å². The summed E-state index contributed by atoms with van der Waals surface area (Å²) < 4.78 is 5.03. The Labute approximate surface area is 79.8 Å². The van der Waals surface area contributed by atoms with Crippen molar-refractivity contribution in [2.45, 2.75) is 26.9 Å². The lowest BCUT2D eigenvalue weighted by molar-refractivity contribution is -0.151. The Morgan fingerprint density at radius 2 is 2.08 bits per heavy atom. The number of nitrogens with one attached hydrogen (secondary N) is 1. The van der Waals surface area contributed by atoms with Crippen molar-refractivity contribution in [2.24, 2.45) is 11.7 Å². The van der Waals surface area contributed by atoms with Gasteiger partial charge in [-0.15, -0.1) is 0 Å². The summed E-state index contributed by atoms with van der Waals surface area (Å²) >= 11 is 0. The first kappa shape index (κ1) is 12.4. The lowest BCUT2D eigenvalue weighted by Gasteiger charge is -2.13. The topological polar surface area (TPSA) is 64.3 Å². The molecule has 0 aromatic carbocycles. The summed E-state index contributed by atoms with van der Waals surface area (Å²) in [6, 6.07) is 0. The fourth-order valence-corrected chi connectivity index (χ4v) is 0.852. The third kappa shape index (κ3) is 6.54. The summed E-state index contributed by atoms with van der Waals surface area (Å²) in [6.07, 6.45) is -0.0375. The number of nitrogens with two attached hydrogens (primary N) is 1. The average molecular weight is 188 g/mol. The van der Waals surface area contributed by atoms with E-state index in [9.17, 15) is 4.79 Å². The molecule has 1 atom stereocenters. The second-order valence-electron chi connectivity index (χ2n) is 3.38. The molecule has 0 aliphatic rings. The largest absolute Gasteiger partial charge is 0.463 e. The molecular formula is C9H20N2O2. The van der Waals surface area contributed by atoms with Gasteiger partial charge in [-0.2, -0.15) is 0 Å². The number of carbonyl (C=O) groups excluding carboxylic acids is 1. The number of hydrogen-bond acceptors (Lipinski definition) is 4. The van der Waals surface area contributed by atoms with Gasteiger partial charge in [0, 0.05) is 19.6 Å². The van der Waals surface area contributed by atoms with E-state index in [0.29, 0.717) is 13.1 Å². The van der Waals surface area contributed by atoms with E-state index in [1.165, 1.54) is 0 Å². The van der Waals surface area contributed by atoms with E-state index in [-0.39, 0.29) is 18.0 Å². The lowest BCUT2D eigenvalue weighted by atomic mass is 10.2. The van der Waals surface area contributed by atoms with Crippen LogP contribution in [-0.4, -0.2) is 31.7 Å². The fraction of sp³-hybridized carbons (Fsp3) is 0.889. The summed E-state index contributed by atoms with van der Waals surface area (Å²) in [6.45, 7) is 7.48. The van der Waals surface area contributed by atoms with Crippen molar-refractivity contribution in [1.82, 2.24) is 5.32 Å². The zero-order valence-electron chi connectivity index (χ0n) is 8.67. The number of rotatable bonds is 6. The van der Waals surface area contributed by atoms with Gasteiger partial charge < -0.3 is 15.8 Å². The van der Waals surface area contributed by atoms with Crippen LogP contribution in [0, 0.1) is 5.92 Å². The molecule has 0 aromatic heterocycles. The van der Waals surface area contributed by atoms with Crippen molar-refractivity contribution in [1.29, 1.82) is 0 Å². The Morgan fingerprint density at radius 1 is 1.46 bits per heavy atom. The number of carbonyl (C=O) groups is 1. The molecule has 1 unspecified atom stereocenters. The molecule has 0 heterocycles. The van der Waals surface area contributed by atoms with Gasteiger partial charge in [0.1, 0.15) is 0 Å². The molecule has 0 saturated heterocycles. The number of esters is 1. The fourth-order valence-electron chi connectivity index (χ4n) is 0.852. The second kappa shape index (κ2) is 6.86. The molecule has 0 bridgehead atoms. The highest BCUT2D eigenvalue weighted by Gasteiger charge is 2.14. The Morgan fingerprint density at radius 3 is 2.54 bits per heavy atom. The first-order chi connectivity index (χ1) is 6.07. The maximum Gasteiger partial charge on any atom is 0.310 e. The zero-order chi connectivity index (χ0) is 10.3. The van der Waals surface area contributed by atoms with Crippen LogP contribution in [0.5, 0.6) is 0 Å². The summed E-state index contributed by atoms with van der Waals surface area (Å²) in [4.78, 5) is 11.3. The van der Waals surface area contributed by atoms with Gasteiger partial charge in [0.05, 0.1) is 12.0 Å². The molecule has 0 radical (unpaired) electrons. The van der Waals surface area contributed by atoms with Crippen LogP contribution in [0.4, 0.5) is 0 Å². The van der Waals surface area contributed by atoms with E-state index in [0.717, 1.165) is 6.54 Å². The number of ether oxygens (including phenoxy) is 1. The van der Waals surface area contributed by atoms with Crippen LogP contribution in [0.1, 0.15) is 20.8 Å². The molecule has 13 heavy (non-hydrogen) atoms. The van der Waals surface area contributed by atoms with Crippen LogP contribution in [0.2, 0.25) is 0 Å². The first-order valence-corrected chi connectivity index (χ1v) is 4.69. The second-order valence-corrected chi connectivity index (χ2v) is 3.38. The summed E-state index contributed by atoms with van der Waals surface area (Å²) in [5.74, 6) is -0.256. The lowest BCUT2D eigenvalue weighted by Crippen LogP contribution is -2.32. The van der Waals surface area contributed by atoms with Gasteiger partial charge in [-0.25, -0.2) is 0 Å². The highest BCUT2D eigenvalue weighted by molar-refractivity contribution is 5.72. The van der Waals surface area contributed by atoms with Gasteiger partial charge in [0.2, 0.25) is 0 Å². The van der Waals surface area contributed by atoms with Crippen LogP contribution in [0.25, 0.3) is 0 Å². The van der Waals surface area contributed by atoms with Gasteiger partial charge in [-0.1, -0.05) is 6.92 Å². The van der Waals surface area contributed by atoms with Gasteiger partial charge in [0.15, 0.2) is 0 Å². The smallest absolute Gasteiger partial charge is 0.310 e. The third-order valence-corrected chi connectivity index (χ3v) is 1.53. The molecule has 4 nitrogen and oxygen atoms in total. The van der Waals surface area contributed by atoms with Crippen LogP contribution in [0.15, 0.2) is 0 Å². The van der Waals surface area contributed by atoms with Crippen LogP contribution in [0.3, 0.4) is 0 Å². The van der Waals surface area contributed by atoms with Crippen molar-refractivity contribution in [3.05, 3.63) is 0 Å². The normalized spacial score (nSPS) is 13.0. The van der Waals surface area contributed by atoms with E-state index in [1.807, 2.05) is 20.8 Å². The van der Waals surface area contributed by atoms with Crippen molar-refractivity contribution in [3.8, 4) is 0 Å².